The van der Waals surface area contributed by atoms with Crippen molar-refractivity contribution < 1.29 is 13.3 Å². The second kappa shape index (κ2) is 8.62. The summed E-state index contributed by atoms with van der Waals surface area (Å²) in [5, 5.41) is 0. The predicted octanol–water partition coefficient (Wildman–Crippen LogP) is 2.78. The zero-order chi connectivity index (χ0) is 13.5. The molecule has 0 spiro atoms. The molecule has 0 radical (unpaired) electrons. The SMILES string of the molecule is CCO[Si](CC(S)(S)C(S)S)(OCC)OCC. The van der Waals surface area contributed by atoms with Crippen LogP contribution < -0.4 is 0 Å². The smallest absolute Gasteiger partial charge is 0.374 e. The van der Waals surface area contributed by atoms with Crippen LogP contribution in [0.25, 0.3) is 0 Å². The van der Waals surface area contributed by atoms with E-state index in [0.29, 0.717) is 25.9 Å². The maximum Gasteiger partial charge on any atom is 0.503 e. The Balaban J connectivity index is 4.87. The maximum atomic E-state index is 5.73. The van der Waals surface area contributed by atoms with Gasteiger partial charge < -0.3 is 13.3 Å². The van der Waals surface area contributed by atoms with E-state index in [1.54, 1.807) is 0 Å². The van der Waals surface area contributed by atoms with E-state index in [0.717, 1.165) is 0 Å². The first kappa shape index (κ1) is 18.5. The van der Waals surface area contributed by atoms with E-state index in [4.69, 9.17) is 13.3 Å². The average molecular weight is 335 g/mol. The zero-order valence-electron chi connectivity index (χ0n) is 10.4. The van der Waals surface area contributed by atoms with Crippen LogP contribution in [0.5, 0.6) is 0 Å². The predicted molar refractivity (Wildman–Crippen MR) is 87.9 cm³/mol. The summed E-state index contributed by atoms with van der Waals surface area (Å²) in [7, 11) is -2.74. The van der Waals surface area contributed by atoms with Gasteiger partial charge in [-0.05, 0) is 20.8 Å². The molecule has 0 aromatic heterocycles. The lowest BCUT2D eigenvalue weighted by molar-refractivity contribution is 0.0710. The van der Waals surface area contributed by atoms with E-state index >= 15 is 0 Å². The molecule has 0 amide bonds. The summed E-state index contributed by atoms with van der Waals surface area (Å²) in [6.07, 6.45) is 0. The summed E-state index contributed by atoms with van der Waals surface area (Å²) >= 11 is 17.4. The zero-order valence-corrected chi connectivity index (χ0v) is 15.0. The van der Waals surface area contributed by atoms with Gasteiger partial charge in [0.15, 0.2) is 0 Å². The van der Waals surface area contributed by atoms with Crippen LogP contribution in [-0.4, -0.2) is 37.3 Å². The van der Waals surface area contributed by atoms with Crippen molar-refractivity contribution in [3.05, 3.63) is 0 Å². The van der Waals surface area contributed by atoms with E-state index in [-0.39, 0.29) is 4.58 Å². The quantitative estimate of drug-likeness (QED) is 0.297. The van der Waals surface area contributed by atoms with Crippen molar-refractivity contribution in [1.29, 1.82) is 0 Å². The van der Waals surface area contributed by atoms with Gasteiger partial charge in [0.05, 0.1) is 8.66 Å². The van der Waals surface area contributed by atoms with Crippen molar-refractivity contribution in [2.45, 2.75) is 35.5 Å². The summed E-state index contributed by atoms with van der Waals surface area (Å²) in [4.78, 5) is 0. The molecule has 3 nitrogen and oxygen atoms in total. The Morgan fingerprint density at radius 2 is 1.29 bits per heavy atom. The van der Waals surface area contributed by atoms with Gasteiger partial charge in [0.2, 0.25) is 0 Å². The summed E-state index contributed by atoms with van der Waals surface area (Å²) in [5.41, 5.74) is 0. The molecule has 0 atom stereocenters. The van der Waals surface area contributed by atoms with Crippen LogP contribution in [0.3, 0.4) is 0 Å². The van der Waals surface area contributed by atoms with E-state index in [9.17, 15) is 0 Å². The normalized spacial score (nSPS) is 13.4. The first-order valence-corrected chi connectivity index (χ1v) is 9.42. The molecule has 0 N–H and O–H groups in total. The minimum Gasteiger partial charge on any atom is -0.374 e. The molecule has 0 aromatic carbocycles. The molecule has 0 rings (SSSR count). The van der Waals surface area contributed by atoms with Crippen LogP contribution in [0.4, 0.5) is 0 Å². The second-order valence-electron chi connectivity index (χ2n) is 3.41. The molecule has 104 valence electrons. The third kappa shape index (κ3) is 6.46. The molecule has 17 heavy (non-hydrogen) atoms. The molecule has 0 saturated carbocycles. The third-order valence-corrected chi connectivity index (χ3v) is 8.28. The lowest BCUT2D eigenvalue weighted by Gasteiger charge is -2.35. The number of hydrogen-bond acceptors (Lipinski definition) is 7. The first-order chi connectivity index (χ1) is 7.83. The van der Waals surface area contributed by atoms with Gasteiger partial charge in [0.1, 0.15) is 0 Å². The highest BCUT2D eigenvalue weighted by Crippen LogP contribution is 2.39. The highest BCUT2D eigenvalue weighted by molar-refractivity contribution is 8.07. The van der Waals surface area contributed by atoms with E-state index in [2.05, 4.69) is 50.5 Å². The highest BCUT2D eigenvalue weighted by Gasteiger charge is 2.48. The van der Waals surface area contributed by atoms with Gasteiger partial charge in [-0.3, -0.25) is 0 Å². The van der Waals surface area contributed by atoms with Gasteiger partial charge in [-0.1, -0.05) is 0 Å². The molecule has 0 heterocycles. The van der Waals surface area contributed by atoms with Crippen molar-refractivity contribution in [1.82, 2.24) is 0 Å². The van der Waals surface area contributed by atoms with Crippen LogP contribution in [0, 0.1) is 0 Å². The first-order valence-electron chi connectivity index (χ1n) is 5.56. The number of thiol groups is 4. The molecule has 0 saturated heterocycles. The summed E-state index contributed by atoms with van der Waals surface area (Å²) in [5.74, 6) is 0. The van der Waals surface area contributed by atoms with Crippen LogP contribution >= 0.6 is 50.5 Å². The van der Waals surface area contributed by atoms with Gasteiger partial charge in [0, 0.05) is 25.9 Å². The van der Waals surface area contributed by atoms with Gasteiger partial charge in [-0.2, -0.15) is 50.5 Å². The Morgan fingerprint density at radius 3 is 1.53 bits per heavy atom. The van der Waals surface area contributed by atoms with Crippen molar-refractivity contribution in [3.63, 3.8) is 0 Å². The molecule has 0 aromatic rings. The largest absolute Gasteiger partial charge is 0.503 e. The minimum atomic E-state index is -2.74. The highest BCUT2D eigenvalue weighted by atomic mass is 32.2. The van der Waals surface area contributed by atoms with Crippen molar-refractivity contribution in [3.8, 4) is 0 Å². The molecule has 0 aliphatic heterocycles. The fourth-order valence-electron chi connectivity index (χ4n) is 1.35. The lowest BCUT2D eigenvalue weighted by atomic mass is 10.5. The molecule has 0 fully saturated rings. The van der Waals surface area contributed by atoms with Crippen LogP contribution in [-0.2, 0) is 13.3 Å². The van der Waals surface area contributed by atoms with Gasteiger partial charge in [-0.15, -0.1) is 0 Å². The van der Waals surface area contributed by atoms with E-state index in [1.807, 2.05) is 20.8 Å². The second-order valence-corrected chi connectivity index (χ2v) is 9.39. The van der Waals surface area contributed by atoms with Crippen LogP contribution in [0.1, 0.15) is 20.8 Å². The maximum absolute atomic E-state index is 5.73. The van der Waals surface area contributed by atoms with E-state index in [1.165, 1.54) is 0 Å². The summed E-state index contributed by atoms with van der Waals surface area (Å²) in [6.45, 7) is 7.35. The molecule has 8 heteroatoms. The topological polar surface area (TPSA) is 27.7 Å². The number of rotatable bonds is 9. The van der Waals surface area contributed by atoms with E-state index < -0.39 is 12.9 Å². The molecular weight excluding hydrogens is 312 g/mol. The number of hydrogen-bond donors (Lipinski definition) is 4. The fourth-order valence-corrected chi connectivity index (χ4v) is 5.75. The van der Waals surface area contributed by atoms with Crippen LogP contribution in [0.2, 0.25) is 6.04 Å². The Morgan fingerprint density at radius 1 is 0.941 bits per heavy atom. The standard InChI is InChI=1S/C9H22O3S4Si/c1-4-10-17(11-5-2,12-6-3)7-9(15,16)8(13)14/h8,13-16H,4-7H2,1-3H3. The Kier molecular flexibility index (Phi) is 9.38. The molecule has 0 aliphatic carbocycles. The lowest BCUT2D eigenvalue weighted by Crippen LogP contribution is -2.50. The van der Waals surface area contributed by atoms with Crippen LogP contribution in [0.15, 0.2) is 0 Å². The van der Waals surface area contributed by atoms with Crippen molar-refractivity contribution >= 4 is 59.3 Å². The fraction of sp³-hybridized carbons (Fsp3) is 1.00. The Hall–Kier alpha value is 1.50. The molecule has 0 bridgehead atoms. The monoisotopic (exact) mass is 334 g/mol. The summed E-state index contributed by atoms with van der Waals surface area (Å²) < 4.78 is 16.2. The van der Waals surface area contributed by atoms with Gasteiger partial charge in [0.25, 0.3) is 0 Å². The average Bonchev–Trinajstić information content (AvgIpc) is 2.17. The molecular formula is C9H22O3S4Si. The molecule has 0 aliphatic rings. The molecule has 0 unspecified atom stereocenters. The Labute approximate surface area is 127 Å². The summed E-state index contributed by atoms with van der Waals surface area (Å²) in [6, 6.07) is 0.458. The van der Waals surface area contributed by atoms with Gasteiger partial charge >= 0.3 is 8.80 Å². The van der Waals surface area contributed by atoms with Crippen molar-refractivity contribution in [2.24, 2.45) is 0 Å². The minimum absolute atomic E-state index is 0.303. The Bertz CT molecular complexity index is 199. The third-order valence-electron chi connectivity index (χ3n) is 1.98. The van der Waals surface area contributed by atoms with Gasteiger partial charge in [-0.25, -0.2) is 0 Å². The van der Waals surface area contributed by atoms with Crippen molar-refractivity contribution in [2.75, 3.05) is 19.8 Å².